The van der Waals surface area contributed by atoms with E-state index in [0.29, 0.717) is 30.3 Å². The van der Waals surface area contributed by atoms with Gasteiger partial charge in [0.2, 0.25) is 5.91 Å². The predicted octanol–water partition coefficient (Wildman–Crippen LogP) is 2.59. The number of carbonyl (C=O) groups is 1. The Morgan fingerprint density at radius 2 is 1.56 bits per heavy atom. The Labute approximate surface area is 187 Å². The molecule has 7 nitrogen and oxygen atoms in total. The number of nitrogens with one attached hydrogen (secondary N) is 1. The highest BCUT2D eigenvalue weighted by Gasteiger charge is 2.20. The number of aromatic amines is 1. The topological polar surface area (TPSA) is 78.4 Å². The fourth-order valence-corrected chi connectivity index (χ4v) is 4.28. The number of amides is 1. The van der Waals surface area contributed by atoms with Crippen LogP contribution in [0.15, 0.2) is 64.2 Å². The molecule has 1 aromatic heterocycles. The number of benzene rings is 2. The zero-order valence-corrected chi connectivity index (χ0v) is 18.3. The van der Waals surface area contributed by atoms with Crippen LogP contribution in [0.4, 0.5) is 0 Å². The first kappa shape index (κ1) is 22.0. The molecule has 0 unspecified atom stereocenters. The highest BCUT2D eigenvalue weighted by atomic mass is 16.2. The molecule has 0 atom stereocenters. The van der Waals surface area contributed by atoms with E-state index in [0.717, 1.165) is 45.6 Å². The molecule has 0 bridgehead atoms. The second kappa shape index (κ2) is 10.4. The first-order valence-electron chi connectivity index (χ1n) is 11.4. The third-order valence-electron chi connectivity index (χ3n) is 6.14. The molecule has 0 spiro atoms. The minimum atomic E-state index is -0.377. The monoisotopic (exact) mass is 434 g/mol. The standard InChI is InChI=1S/C25H30N4O3/c30-23(28-17-15-27(16-18-28)19-20-9-3-1-4-10-20)13-5-2-8-14-29-24(31)21-11-6-7-12-22(21)26-25(29)32/h1,3-4,6-7,9-12H,2,5,8,13-19H2,(H,26,32). The second-order valence-corrected chi connectivity index (χ2v) is 8.39. The number of para-hydroxylation sites is 1. The number of H-pyrrole nitrogens is 1. The molecular formula is C25H30N4O3. The van der Waals surface area contributed by atoms with Crippen molar-refractivity contribution in [3.05, 3.63) is 81.0 Å². The lowest BCUT2D eigenvalue weighted by molar-refractivity contribution is -0.133. The number of rotatable bonds is 8. The molecule has 4 rings (SSSR count). The molecule has 2 heterocycles. The van der Waals surface area contributed by atoms with E-state index < -0.39 is 0 Å². The molecule has 0 saturated carbocycles. The summed E-state index contributed by atoms with van der Waals surface area (Å²) in [6.07, 6.45) is 2.78. The Morgan fingerprint density at radius 3 is 2.34 bits per heavy atom. The van der Waals surface area contributed by atoms with Gasteiger partial charge in [-0.3, -0.25) is 19.1 Å². The molecule has 0 aliphatic carbocycles. The normalized spacial score (nSPS) is 14.7. The van der Waals surface area contributed by atoms with Crippen molar-refractivity contribution in [2.24, 2.45) is 0 Å². The SMILES string of the molecule is O=C(CCCCCn1c(=O)[nH]c2ccccc2c1=O)N1CCN(Cc2ccccc2)CC1. The molecule has 7 heteroatoms. The van der Waals surface area contributed by atoms with Crippen LogP contribution in [-0.2, 0) is 17.9 Å². The Bertz CT molecular complexity index is 1160. The average molecular weight is 435 g/mol. The van der Waals surface area contributed by atoms with E-state index in [-0.39, 0.29) is 17.2 Å². The van der Waals surface area contributed by atoms with Gasteiger partial charge in [0.15, 0.2) is 0 Å². The van der Waals surface area contributed by atoms with Crippen LogP contribution in [0.2, 0.25) is 0 Å². The van der Waals surface area contributed by atoms with Crippen LogP contribution < -0.4 is 11.2 Å². The number of hydrogen-bond donors (Lipinski definition) is 1. The quantitative estimate of drug-likeness (QED) is 0.553. The highest BCUT2D eigenvalue weighted by Crippen LogP contribution is 2.11. The minimum Gasteiger partial charge on any atom is -0.340 e. The zero-order chi connectivity index (χ0) is 22.3. The molecule has 3 aromatic rings. The predicted molar refractivity (Wildman–Crippen MR) is 126 cm³/mol. The van der Waals surface area contributed by atoms with Crippen molar-refractivity contribution in [3.8, 4) is 0 Å². The van der Waals surface area contributed by atoms with Crippen LogP contribution in [-0.4, -0.2) is 51.4 Å². The van der Waals surface area contributed by atoms with E-state index in [1.165, 1.54) is 10.1 Å². The summed E-state index contributed by atoms with van der Waals surface area (Å²) in [7, 11) is 0. The second-order valence-electron chi connectivity index (χ2n) is 8.39. The summed E-state index contributed by atoms with van der Waals surface area (Å²) in [6, 6.07) is 17.5. The fourth-order valence-electron chi connectivity index (χ4n) is 4.28. The average Bonchev–Trinajstić information content (AvgIpc) is 2.82. The van der Waals surface area contributed by atoms with Crippen molar-refractivity contribution in [2.75, 3.05) is 26.2 Å². The van der Waals surface area contributed by atoms with Crippen LogP contribution in [0.1, 0.15) is 31.2 Å². The summed E-state index contributed by atoms with van der Waals surface area (Å²) < 4.78 is 1.26. The molecule has 32 heavy (non-hydrogen) atoms. The number of aromatic nitrogens is 2. The maximum Gasteiger partial charge on any atom is 0.328 e. The first-order chi connectivity index (χ1) is 15.6. The van der Waals surface area contributed by atoms with Gasteiger partial charge in [-0.1, -0.05) is 48.9 Å². The van der Waals surface area contributed by atoms with Crippen molar-refractivity contribution < 1.29 is 4.79 Å². The lowest BCUT2D eigenvalue weighted by Crippen LogP contribution is -2.48. The smallest absolute Gasteiger partial charge is 0.328 e. The van der Waals surface area contributed by atoms with Crippen molar-refractivity contribution in [3.63, 3.8) is 0 Å². The third-order valence-corrected chi connectivity index (χ3v) is 6.14. The van der Waals surface area contributed by atoms with E-state index in [4.69, 9.17) is 0 Å². The number of carbonyl (C=O) groups excluding carboxylic acids is 1. The lowest BCUT2D eigenvalue weighted by atomic mass is 10.1. The summed E-state index contributed by atoms with van der Waals surface area (Å²) in [6.45, 7) is 4.63. The van der Waals surface area contributed by atoms with E-state index in [1.807, 2.05) is 11.0 Å². The van der Waals surface area contributed by atoms with Gasteiger partial charge in [0, 0.05) is 45.7 Å². The Balaban J connectivity index is 1.18. The summed E-state index contributed by atoms with van der Waals surface area (Å²) in [5.74, 6) is 0.199. The van der Waals surface area contributed by atoms with Crippen molar-refractivity contribution in [2.45, 2.75) is 38.8 Å². The number of piperazine rings is 1. The molecule has 2 aromatic carbocycles. The number of nitrogens with zero attached hydrogens (tertiary/aromatic N) is 3. The summed E-state index contributed by atoms with van der Waals surface area (Å²) in [5.41, 5.74) is 1.23. The van der Waals surface area contributed by atoms with Crippen LogP contribution >= 0.6 is 0 Å². The van der Waals surface area contributed by atoms with Gasteiger partial charge in [0.1, 0.15) is 0 Å². The van der Waals surface area contributed by atoms with Crippen molar-refractivity contribution in [1.82, 2.24) is 19.4 Å². The molecule has 1 saturated heterocycles. The third kappa shape index (κ3) is 5.34. The van der Waals surface area contributed by atoms with Gasteiger partial charge in [-0.05, 0) is 30.5 Å². The van der Waals surface area contributed by atoms with Gasteiger partial charge in [0.25, 0.3) is 5.56 Å². The molecule has 1 amide bonds. The molecule has 1 aliphatic rings. The summed E-state index contributed by atoms with van der Waals surface area (Å²) >= 11 is 0. The van der Waals surface area contributed by atoms with E-state index >= 15 is 0 Å². The Kier molecular flexibility index (Phi) is 7.17. The highest BCUT2D eigenvalue weighted by molar-refractivity contribution is 5.77. The van der Waals surface area contributed by atoms with Crippen LogP contribution in [0.3, 0.4) is 0 Å². The van der Waals surface area contributed by atoms with Crippen molar-refractivity contribution in [1.29, 1.82) is 0 Å². The van der Waals surface area contributed by atoms with Crippen LogP contribution in [0, 0.1) is 0 Å². The van der Waals surface area contributed by atoms with E-state index in [1.54, 1.807) is 24.3 Å². The minimum absolute atomic E-state index is 0.199. The van der Waals surface area contributed by atoms with Gasteiger partial charge in [-0.2, -0.15) is 0 Å². The maximum absolute atomic E-state index is 12.5. The number of hydrogen-bond acceptors (Lipinski definition) is 4. The van der Waals surface area contributed by atoms with Crippen LogP contribution in [0.25, 0.3) is 10.9 Å². The summed E-state index contributed by atoms with van der Waals surface area (Å²) in [4.78, 5) is 44.4. The van der Waals surface area contributed by atoms with Crippen molar-refractivity contribution >= 4 is 16.8 Å². The maximum atomic E-state index is 12.5. The molecular weight excluding hydrogens is 404 g/mol. The van der Waals surface area contributed by atoms with Gasteiger partial charge in [-0.25, -0.2) is 4.79 Å². The first-order valence-corrected chi connectivity index (χ1v) is 11.4. The Morgan fingerprint density at radius 1 is 0.844 bits per heavy atom. The molecule has 1 N–H and O–H groups in total. The zero-order valence-electron chi connectivity index (χ0n) is 18.3. The molecule has 1 fully saturated rings. The van der Waals surface area contributed by atoms with Gasteiger partial charge in [-0.15, -0.1) is 0 Å². The fraction of sp³-hybridized carbons (Fsp3) is 0.400. The Hall–Kier alpha value is -3.19. The van der Waals surface area contributed by atoms with E-state index in [9.17, 15) is 14.4 Å². The number of fused-ring (bicyclic) bond motifs is 1. The lowest BCUT2D eigenvalue weighted by Gasteiger charge is -2.34. The van der Waals surface area contributed by atoms with Gasteiger partial charge >= 0.3 is 5.69 Å². The van der Waals surface area contributed by atoms with Crippen LogP contribution in [0.5, 0.6) is 0 Å². The molecule has 1 aliphatic heterocycles. The summed E-state index contributed by atoms with van der Waals surface area (Å²) in [5, 5.41) is 0.522. The molecule has 168 valence electrons. The number of unbranched alkanes of at least 4 members (excludes halogenated alkanes) is 2. The molecule has 0 radical (unpaired) electrons. The van der Waals surface area contributed by atoms with E-state index in [2.05, 4.69) is 34.1 Å². The van der Waals surface area contributed by atoms with Gasteiger partial charge in [0.05, 0.1) is 10.9 Å². The van der Waals surface area contributed by atoms with Gasteiger partial charge < -0.3 is 9.88 Å². The largest absolute Gasteiger partial charge is 0.340 e.